The molecule has 0 saturated heterocycles. The monoisotopic (exact) mass is 115 g/mol. The smallest absolute Gasteiger partial charge is 0.329 e. The Labute approximate surface area is 46.1 Å². The van der Waals surface area contributed by atoms with Gasteiger partial charge < -0.3 is 4.84 Å². The predicted octanol–water partition coefficient (Wildman–Crippen LogP) is -0.601. The van der Waals surface area contributed by atoms with Crippen molar-refractivity contribution in [3.8, 4) is 0 Å². The fraction of sp³-hybridized carbons (Fsp3) is 0.250. The number of carbonyl (C=O) groups excluding carboxylic acids is 2. The highest BCUT2D eigenvalue weighted by molar-refractivity contribution is 5.65. The first-order valence-electron chi connectivity index (χ1n) is 1.89. The summed E-state index contributed by atoms with van der Waals surface area (Å²) in [4.78, 5) is 23.3. The van der Waals surface area contributed by atoms with Crippen molar-refractivity contribution in [1.29, 1.82) is 0 Å². The maximum absolute atomic E-state index is 9.88. The third-order valence-corrected chi connectivity index (χ3v) is 0.321. The van der Waals surface area contributed by atoms with Crippen LogP contribution < -0.4 is 5.48 Å². The highest BCUT2D eigenvalue weighted by Crippen LogP contribution is 1.64. The summed E-state index contributed by atoms with van der Waals surface area (Å²) in [6, 6.07) is 0. The fourth-order valence-electron chi connectivity index (χ4n) is 0.137. The van der Waals surface area contributed by atoms with E-state index >= 15 is 0 Å². The maximum Gasteiger partial charge on any atom is 0.329 e. The van der Waals surface area contributed by atoms with E-state index in [0.717, 1.165) is 6.20 Å². The molecule has 0 aliphatic carbocycles. The Kier molecular flexibility index (Phi) is 3.27. The van der Waals surface area contributed by atoms with E-state index in [0.29, 0.717) is 0 Å². The minimum Gasteiger partial charge on any atom is -0.344 e. The van der Waals surface area contributed by atoms with Crippen LogP contribution in [0, 0.1) is 0 Å². The molecule has 0 bridgehead atoms. The van der Waals surface area contributed by atoms with E-state index in [9.17, 15) is 9.59 Å². The highest BCUT2D eigenvalue weighted by atomic mass is 16.7. The first-order chi connectivity index (χ1) is 3.77. The second-order valence-corrected chi connectivity index (χ2v) is 0.974. The number of hydrogen-bond donors (Lipinski definition) is 1. The van der Waals surface area contributed by atoms with Gasteiger partial charge in [0, 0.05) is 6.92 Å². The lowest BCUT2D eigenvalue weighted by Crippen LogP contribution is -2.10. The summed E-state index contributed by atoms with van der Waals surface area (Å²) in [6.07, 6.45) is 0.849. The minimum atomic E-state index is -0.503. The zero-order valence-corrected chi connectivity index (χ0v) is 4.30. The van der Waals surface area contributed by atoms with E-state index in [1.165, 1.54) is 12.9 Å². The summed E-state index contributed by atoms with van der Waals surface area (Å²) in [5.41, 5.74) is 1.94. The molecule has 1 N–H and O–H groups in total. The first kappa shape index (κ1) is 6.72. The summed E-state index contributed by atoms with van der Waals surface area (Å²) >= 11 is 0. The van der Waals surface area contributed by atoms with Gasteiger partial charge in [0.1, 0.15) is 12.1 Å². The molecule has 0 atom stereocenters. The van der Waals surface area contributed by atoms with E-state index in [1.54, 1.807) is 0 Å². The van der Waals surface area contributed by atoms with Gasteiger partial charge in [0.05, 0.1) is 0 Å². The van der Waals surface area contributed by atoms with Crippen molar-refractivity contribution in [3.63, 3.8) is 0 Å². The Hall–Kier alpha value is -1.28. The number of nitrogens with one attached hydrogen (secondary N) is 1. The van der Waals surface area contributed by atoms with Crippen molar-refractivity contribution in [2.24, 2.45) is 0 Å². The average Bonchev–Trinajstić information content (AvgIpc) is 1.66. The van der Waals surface area contributed by atoms with Crippen LogP contribution in [0.25, 0.3) is 0 Å². The third-order valence-electron chi connectivity index (χ3n) is 0.321. The zero-order valence-electron chi connectivity index (χ0n) is 4.30. The molecule has 4 heteroatoms. The van der Waals surface area contributed by atoms with Gasteiger partial charge in [-0.15, -0.1) is 0 Å². The molecule has 0 aliphatic rings. The molecule has 0 fully saturated rings. The number of rotatable bonds is 2. The molecule has 0 radical (unpaired) electrons. The summed E-state index contributed by atoms with van der Waals surface area (Å²) in [7, 11) is 0. The van der Waals surface area contributed by atoms with Crippen molar-refractivity contribution in [1.82, 2.24) is 5.48 Å². The van der Waals surface area contributed by atoms with Crippen LogP contribution >= 0.6 is 0 Å². The van der Waals surface area contributed by atoms with Gasteiger partial charge in [-0.2, -0.15) is 0 Å². The molecule has 0 aromatic rings. The molecule has 0 aromatic heterocycles. The molecule has 8 heavy (non-hydrogen) atoms. The molecule has 0 unspecified atom stereocenters. The third kappa shape index (κ3) is 4.72. The lowest BCUT2D eigenvalue weighted by Gasteiger charge is -1.92. The lowest BCUT2D eigenvalue weighted by molar-refractivity contribution is -0.145. The van der Waals surface area contributed by atoms with E-state index in [4.69, 9.17) is 0 Å². The van der Waals surface area contributed by atoms with Crippen molar-refractivity contribution < 1.29 is 14.4 Å². The van der Waals surface area contributed by atoms with Crippen molar-refractivity contribution in [2.75, 3.05) is 0 Å². The minimum absolute atomic E-state index is 0.503. The molecule has 4 nitrogen and oxygen atoms in total. The zero-order chi connectivity index (χ0) is 6.41. The van der Waals surface area contributed by atoms with Crippen molar-refractivity contribution >= 4 is 11.9 Å². The standard InChI is InChI=1S/C4H5NO3/c1-4(7)8-5-2-3-6/h2,5H,1H3. The largest absolute Gasteiger partial charge is 0.344 e. The molecule has 44 valence electrons. The Balaban J connectivity index is 3.18. The number of hydroxylamine groups is 1. The van der Waals surface area contributed by atoms with Gasteiger partial charge in [-0.1, -0.05) is 0 Å². The molecule has 0 aliphatic heterocycles. The first-order valence-corrected chi connectivity index (χ1v) is 1.89. The van der Waals surface area contributed by atoms with E-state index in [2.05, 4.69) is 4.84 Å². The van der Waals surface area contributed by atoms with Crippen molar-refractivity contribution in [3.05, 3.63) is 6.20 Å². The summed E-state index contributed by atoms with van der Waals surface area (Å²) in [6.45, 7) is 1.21. The normalized spacial score (nSPS) is 6.62. The number of carbonyl (C=O) groups is 1. The Morgan fingerprint density at radius 3 is 2.88 bits per heavy atom. The molecule has 0 aromatic carbocycles. The lowest BCUT2D eigenvalue weighted by atomic mass is 10.8. The van der Waals surface area contributed by atoms with Crippen LogP contribution in [0.1, 0.15) is 6.92 Å². The van der Waals surface area contributed by atoms with Crippen LogP contribution in [0.2, 0.25) is 0 Å². The van der Waals surface area contributed by atoms with E-state index in [1.807, 2.05) is 5.48 Å². The van der Waals surface area contributed by atoms with E-state index < -0.39 is 5.97 Å². The van der Waals surface area contributed by atoms with Crippen LogP contribution in [0.5, 0.6) is 0 Å². The Bertz CT molecular complexity index is 123. The van der Waals surface area contributed by atoms with Gasteiger partial charge in [-0.3, -0.25) is 4.79 Å². The molecule has 0 amide bonds. The quantitative estimate of drug-likeness (QED) is 0.385. The van der Waals surface area contributed by atoms with Gasteiger partial charge >= 0.3 is 5.97 Å². The van der Waals surface area contributed by atoms with Crippen LogP contribution in [-0.4, -0.2) is 11.9 Å². The average molecular weight is 115 g/mol. The SMILES string of the molecule is CC(=O)ONC=C=O. The molecular weight excluding hydrogens is 110 g/mol. The highest BCUT2D eigenvalue weighted by Gasteiger charge is 1.84. The predicted molar refractivity (Wildman–Crippen MR) is 25.2 cm³/mol. The van der Waals surface area contributed by atoms with Gasteiger partial charge in [-0.05, 0) is 0 Å². The molecule has 0 heterocycles. The van der Waals surface area contributed by atoms with Crippen LogP contribution in [0.15, 0.2) is 6.20 Å². The summed E-state index contributed by atoms with van der Waals surface area (Å²) in [5.74, 6) is 0.856. The topological polar surface area (TPSA) is 55.4 Å². The van der Waals surface area contributed by atoms with Crippen LogP contribution in [0.4, 0.5) is 0 Å². The Morgan fingerprint density at radius 2 is 2.50 bits per heavy atom. The summed E-state index contributed by atoms with van der Waals surface area (Å²) in [5, 5.41) is 0. The summed E-state index contributed by atoms with van der Waals surface area (Å²) < 4.78 is 0. The van der Waals surface area contributed by atoms with Gasteiger partial charge in [0.25, 0.3) is 0 Å². The molecule has 0 spiro atoms. The van der Waals surface area contributed by atoms with Gasteiger partial charge in [0.2, 0.25) is 0 Å². The van der Waals surface area contributed by atoms with Crippen LogP contribution in [0.3, 0.4) is 0 Å². The molecule has 0 saturated carbocycles. The number of hydrogen-bond acceptors (Lipinski definition) is 4. The molecular formula is C4H5NO3. The fourth-order valence-corrected chi connectivity index (χ4v) is 0.137. The van der Waals surface area contributed by atoms with Gasteiger partial charge in [0.15, 0.2) is 0 Å². The Morgan fingerprint density at radius 1 is 1.88 bits per heavy atom. The van der Waals surface area contributed by atoms with Crippen LogP contribution in [-0.2, 0) is 14.4 Å². The van der Waals surface area contributed by atoms with Gasteiger partial charge in [-0.25, -0.2) is 10.3 Å². The van der Waals surface area contributed by atoms with E-state index in [-0.39, 0.29) is 0 Å². The molecule has 0 rings (SSSR count). The second-order valence-electron chi connectivity index (χ2n) is 0.974. The van der Waals surface area contributed by atoms with Crippen molar-refractivity contribution in [2.45, 2.75) is 6.92 Å². The second kappa shape index (κ2) is 3.89. The maximum atomic E-state index is 9.88.